The zero-order chi connectivity index (χ0) is 24.3. The Morgan fingerprint density at radius 3 is 2.00 bits per heavy atom. The first-order valence-electron chi connectivity index (χ1n) is 12.6. The molecule has 0 amide bonds. The van der Waals surface area contributed by atoms with Crippen LogP contribution in [0.15, 0.2) is 103 Å². The summed E-state index contributed by atoms with van der Waals surface area (Å²) in [6, 6.07) is 34.8. The molecule has 3 aliphatic rings. The van der Waals surface area contributed by atoms with Crippen LogP contribution in [-0.2, 0) is 26.2 Å². The van der Waals surface area contributed by atoms with E-state index < -0.39 is 8.07 Å². The van der Waals surface area contributed by atoms with Crippen LogP contribution in [0.4, 0.5) is 0 Å². The van der Waals surface area contributed by atoms with Crippen LogP contribution in [0, 0.1) is 13.8 Å². The van der Waals surface area contributed by atoms with E-state index in [1.54, 1.807) is 22.0 Å². The summed E-state index contributed by atoms with van der Waals surface area (Å²) in [5, 5.41) is 4.41. The number of benzene rings is 3. The molecule has 38 heavy (non-hydrogen) atoms. The summed E-state index contributed by atoms with van der Waals surface area (Å²) in [6.07, 6.45) is 0. The predicted molar refractivity (Wildman–Crippen MR) is 153 cm³/mol. The largest absolute Gasteiger partial charge is 3.00 e. The second kappa shape index (κ2) is 11.6. The molecule has 0 saturated carbocycles. The summed E-state index contributed by atoms with van der Waals surface area (Å²) >= 11 is 0. The van der Waals surface area contributed by atoms with Gasteiger partial charge in [0.15, 0.2) is 0 Å². The Morgan fingerprint density at radius 2 is 1.37 bits per heavy atom. The average Bonchev–Trinajstić information content (AvgIpc) is 3.53. The maximum atomic E-state index is 2.52. The van der Waals surface area contributed by atoms with E-state index in [2.05, 4.69) is 135 Å². The third-order valence-electron chi connectivity index (χ3n) is 7.95. The number of allylic oxidation sites excluding steroid dienone is 1. The molecule has 0 N–H and O–H groups in total. The number of hydrogen-bond acceptors (Lipinski definition) is 0. The van der Waals surface area contributed by atoms with Gasteiger partial charge in [-0.15, -0.1) is 34.5 Å². The van der Waals surface area contributed by atoms with E-state index in [4.69, 9.17) is 0 Å². The fourth-order valence-corrected chi connectivity index (χ4v) is 11.0. The molecule has 0 fully saturated rings. The molecule has 1 nitrogen and oxygen atoms in total. The summed E-state index contributed by atoms with van der Waals surface area (Å²) in [7, 11) is -1.19. The molecule has 5 aromatic rings. The third-order valence-corrected chi connectivity index (χ3v) is 12.1. The van der Waals surface area contributed by atoms with Gasteiger partial charge in [0.2, 0.25) is 0 Å². The van der Waals surface area contributed by atoms with E-state index in [1.165, 1.54) is 38.8 Å². The number of hydrogen-bond donors (Lipinski definition) is 0. The molecule has 191 valence electrons. The molecule has 0 saturated heterocycles. The molecular weight excluding hydrogens is 601 g/mol. The van der Waals surface area contributed by atoms with Gasteiger partial charge in [0, 0.05) is 22.6 Å². The normalized spacial score (nSPS) is 15.8. The quantitative estimate of drug-likeness (QED) is 0.209. The standard InChI is InChI=1S/C17H19NSi.C16H13.2ClH.Zr/c1-11-10-14-15(17-12(2)16(14)19(17,3)4)18(11)13-8-6-5-7-9-13;1-12-10-14-8-5-9-15(16(14)11-12)13-6-3-2-4-7-13;;;/h5-10,17H,1-4H3;2-11H,1H3;2*1H;/q;-1;;;+3/p-2. The Bertz CT molecular complexity index is 1600. The first-order valence-corrected chi connectivity index (χ1v) is 15.7. The second-order valence-corrected chi connectivity index (χ2v) is 15.2. The number of rotatable bonds is 2. The topological polar surface area (TPSA) is 4.93 Å². The summed E-state index contributed by atoms with van der Waals surface area (Å²) in [5.74, 6) is 0. The first-order chi connectivity index (χ1) is 16.9. The van der Waals surface area contributed by atoms with Crippen LogP contribution in [0.1, 0.15) is 35.0 Å². The van der Waals surface area contributed by atoms with Crippen LogP contribution < -0.4 is 24.8 Å². The van der Waals surface area contributed by atoms with Gasteiger partial charge >= 0.3 is 26.2 Å². The minimum atomic E-state index is -1.19. The van der Waals surface area contributed by atoms with Gasteiger partial charge in [-0.2, -0.15) is 6.07 Å². The molecule has 1 aliphatic carbocycles. The minimum absolute atomic E-state index is 0. The molecule has 1 aromatic heterocycles. The Morgan fingerprint density at radius 1 is 0.737 bits per heavy atom. The van der Waals surface area contributed by atoms with Gasteiger partial charge in [-0.3, -0.25) is 0 Å². The summed E-state index contributed by atoms with van der Waals surface area (Å²) in [6.45, 7) is 11.8. The van der Waals surface area contributed by atoms with Crippen LogP contribution in [0.5, 0.6) is 0 Å². The zero-order valence-electron chi connectivity index (χ0n) is 22.5. The Balaban J connectivity index is 0.000000198. The van der Waals surface area contributed by atoms with Crippen molar-refractivity contribution in [3.63, 3.8) is 0 Å². The molecular formula is C33H32Cl2NSiZr. The fourth-order valence-electron chi connectivity index (χ4n) is 6.68. The van der Waals surface area contributed by atoms with Crippen LogP contribution in [0.25, 0.3) is 32.8 Å². The summed E-state index contributed by atoms with van der Waals surface area (Å²) in [4.78, 5) is 0. The predicted octanol–water partition coefficient (Wildman–Crippen LogP) is 3.00. The van der Waals surface area contributed by atoms with Gasteiger partial charge in [0.05, 0.1) is 8.07 Å². The van der Waals surface area contributed by atoms with Crippen LogP contribution in [0.2, 0.25) is 13.1 Å². The SMILES string of the molecule is CC1=C2c3cc(C)n(-c4ccccc4)c3C1[Si]2(C)C.Cc1cc2c(-c3ccccc3)cccc2[cH-]1.[Cl-].[Cl-].[Zr+3]. The third kappa shape index (κ3) is 4.77. The molecule has 5 heteroatoms. The van der Waals surface area contributed by atoms with Crippen molar-refractivity contribution in [3.05, 3.63) is 125 Å². The van der Waals surface area contributed by atoms with Crippen molar-refractivity contribution in [2.24, 2.45) is 0 Å². The summed E-state index contributed by atoms with van der Waals surface area (Å²) in [5.41, 5.74) is 12.2. The van der Waals surface area contributed by atoms with Crippen LogP contribution in [-0.4, -0.2) is 12.6 Å². The van der Waals surface area contributed by atoms with Crippen molar-refractivity contribution >= 4 is 24.0 Å². The molecule has 3 heterocycles. The van der Waals surface area contributed by atoms with Gasteiger partial charge in [-0.05, 0) is 43.2 Å². The van der Waals surface area contributed by atoms with E-state index in [9.17, 15) is 0 Å². The number of para-hydroxylation sites is 1. The van der Waals surface area contributed by atoms with Crippen molar-refractivity contribution in [2.45, 2.75) is 39.4 Å². The molecule has 2 bridgehead atoms. The van der Waals surface area contributed by atoms with E-state index in [1.807, 2.05) is 0 Å². The van der Waals surface area contributed by atoms with Crippen molar-refractivity contribution in [1.82, 2.24) is 4.57 Å². The summed E-state index contributed by atoms with van der Waals surface area (Å²) < 4.78 is 2.48. The van der Waals surface area contributed by atoms with Gasteiger partial charge in [0.1, 0.15) is 0 Å². The minimum Gasteiger partial charge on any atom is -1.00 e. The maximum absolute atomic E-state index is 2.52. The second-order valence-electron chi connectivity index (χ2n) is 10.7. The number of fused-ring (bicyclic) bond motifs is 1. The molecule has 4 aromatic carbocycles. The van der Waals surface area contributed by atoms with Gasteiger partial charge < -0.3 is 29.4 Å². The van der Waals surface area contributed by atoms with E-state index in [0.717, 1.165) is 5.54 Å². The van der Waals surface area contributed by atoms with Crippen molar-refractivity contribution < 1.29 is 51.0 Å². The first kappa shape index (κ1) is 30.5. The van der Waals surface area contributed by atoms with Gasteiger partial charge in [0.25, 0.3) is 0 Å². The Hall–Kier alpha value is -2.03. The number of aromatic nitrogens is 1. The number of halogens is 2. The van der Waals surface area contributed by atoms with Gasteiger partial charge in [-0.25, -0.2) is 0 Å². The Labute approximate surface area is 259 Å². The molecule has 1 radical (unpaired) electrons. The van der Waals surface area contributed by atoms with E-state index in [0.29, 0.717) is 0 Å². The molecule has 1 atom stereocenters. The van der Waals surface area contributed by atoms with Crippen molar-refractivity contribution in [3.8, 4) is 16.8 Å². The van der Waals surface area contributed by atoms with Crippen molar-refractivity contribution in [1.29, 1.82) is 0 Å². The molecule has 2 aliphatic heterocycles. The zero-order valence-corrected chi connectivity index (χ0v) is 27.5. The molecule has 8 rings (SSSR count). The van der Waals surface area contributed by atoms with E-state index >= 15 is 0 Å². The number of aryl methyl sites for hydroxylation is 2. The van der Waals surface area contributed by atoms with E-state index in [-0.39, 0.29) is 51.0 Å². The number of nitrogens with zero attached hydrogens (tertiary/aromatic N) is 1. The monoisotopic (exact) mass is 630 g/mol. The Kier molecular flexibility index (Phi) is 9.32. The van der Waals surface area contributed by atoms with Crippen LogP contribution >= 0.6 is 0 Å². The molecule has 0 spiro atoms. The van der Waals surface area contributed by atoms with Crippen LogP contribution in [0.3, 0.4) is 0 Å². The average molecular weight is 633 g/mol. The molecule has 1 unspecified atom stereocenters. The van der Waals surface area contributed by atoms with Gasteiger partial charge in [-0.1, -0.05) is 90.9 Å². The smallest absolute Gasteiger partial charge is 1.00 e. The maximum Gasteiger partial charge on any atom is 3.00 e. The fraction of sp³-hybridized carbons (Fsp3) is 0.182. The van der Waals surface area contributed by atoms with Crippen molar-refractivity contribution in [2.75, 3.05) is 0 Å².